The maximum absolute atomic E-state index is 12.0. The minimum Gasteiger partial charge on any atom is -0.756 e. The zero-order chi connectivity index (χ0) is 24.3. The number of nitrogens with zero attached hydrogens (tertiary/aromatic N) is 1. The molecule has 0 amide bonds. The first-order valence-electron chi connectivity index (χ1n) is 14.3. The molecule has 0 radical (unpaired) electrons. The van der Waals surface area contributed by atoms with Gasteiger partial charge in [0, 0.05) is 0 Å². The molecular weight excluding hydrogens is 433 g/mol. The van der Waals surface area contributed by atoms with Crippen LogP contribution in [-0.2, 0) is 13.6 Å². The number of unbranched alkanes of at least 4 members (excludes halogenated alkanes) is 15. The molecule has 1 aliphatic rings. The fraction of sp³-hybridized carbons (Fsp3) is 1.00. The number of likely N-dealkylation sites (N-methyl/N-ethyl adjacent to an activating group) is 1. The first-order chi connectivity index (χ1) is 15.9. The Morgan fingerprint density at radius 1 is 0.758 bits per heavy atom. The van der Waals surface area contributed by atoms with Gasteiger partial charge in [0.25, 0.3) is 7.82 Å². The molecule has 0 spiro atoms. The molecule has 33 heavy (non-hydrogen) atoms. The number of piperidine rings is 1. The fourth-order valence-electron chi connectivity index (χ4n) is 5.00. The second kappa shape index (κ2) is 19.3. The van der Waals surface area contributed by atoms with Crippen LogP contribution in [0.4, 0.5) is 0 Å². The van der Waals surface area contributed by atoms with E-state index in [4.69, 9.17) is 9.05 Å². The van der Waals surface area contributed by atoms with Crippen molar-refractivity contribution >= 4 is 7.82 Å². The third kappa shape index (κ3) is 16.4. The van der Waals surface area contributed by atoms with Crippen LogP contribution in [0.3, 0.4) is 0 Å². The van der Waals surface area contributed by atoms with Gasteiger partial charge in [-0.3, -0.25) is 4.57 Å². The van der Waals surface area contributed by atoms with Gasteiger partial charge in [-0.1, -0.05) is 103 Å². The third-order valence-corrected chi connectivity index (χ3v) is 8.70. The molecular formula is C27H56NO4P. The first kappa shape index (κ1) is 31.1. The molecule has 1 heterocycles. The summed E-state index contributed by atoms with van der Waals surface area (Å²) in [6.45, 7) is 6.84. The Bertz CT molecular complexity index is 505. The monoisotopic (exact) mass is 489 g/mol. The molecule has 0 aromatic heterocycles. The van der Waals surface area contributed by atoms with Crippen molar-refractivity contribution in [2.75, 3.05) is 33.4 Å². The van der Waals surface area contributed by atoms with Crippen molar-refractivity contribution < 1.29 is 23.0 Å². The summed E-state index contributed by atoms with van der Waals surface area (Å²) in [6, 6.07) is 0.569. The quantitative estimate of drug-likeness (QED) is 0.0885. The zero-order valence-electron chi connectivity index (χ0n) is 22.4. The molecule has 0 aromatic carbocycles. The summed E-state index contributed by atoms with van der Waals surface area (Å²) in [6.07, 6.45) is 24.6. The molecule has 5 nitrogen and oxygen atoms in total. The molecule has 1 fully saturated rings. The lowest BCUT2D eigenvalue weighted by Gasteiger charge is -2.43. The fourth-order valence-corrected chi connectivity index (χ4v) is 5.73. The van der Waals surface area contributed by atoms with Crippen molar-refractivity contribution in [3.8, 4) is 0 Å². The molecule has 1 rings (SSSR count). The van der Waals surface area contributed by atoms with Crippen LogP contribution in [0.15, 0.2) is 0 Å². The van der Waals surface area contributed by atoms with E-state index in [1.165, 1.54) is 109 Å². The SMILES string of the molecule is CCCCCCCCCCCCCCCCCCOP(=O)([O-])OCC[N+]1(C)CCCCC1C. The molecule has 0 aromatic rings. The zero-order valence-corrected chi connectivity index (χ0v) is 23.3. The third-order valence-electron chi connectivity index (χ3n) is 7.70. The van der Waals surface area contributed by atoms with E-state index >= 15 is 0 Å². The highest BCUT2D eigenvalue weighted by molar-refractivity contribution is 7.45. The molecule has 1 aliphatic heterocycles. The number of hydrogen-bond donors (Lipinski definition) is 0. The van der Waals surface area contributed by atoms with Crippen LogP contribution in [0.5, 0.6) is 0 Å². The van der Waals surface area contributed by atoms with Gasteiger partial charge in [-0.25, -0.2) is 0 Å². The van der Waals surface area contributed by atoms with Gasteiger partial charge in [0.1, 0.15) is 13.2 Å². The van der Waals surface area contributed by atoms with Gasteiger partial charge >= 0.3 is 0 Å². The highest BCUT2D eigenvalue weighted by Gasteiger charge is 2.32. The van der Waals surface area contributed by atoms with E-state index in [2.05, 4.69) is 20.9 Å². The van der Waals surface area contributed by atoms with Crippen LogP contribution >= 0.6 is 7.82 Å². The van der Waals surface area contributed by atoms with Crippen molar-refractivity contribution in [3.63, 3.8) is 0 Å². The van der Waals surface area contributed by atoms with Crippen molar-refractivity contribution in [1.29, 1.82) is 0 Å². The lowest BCUT2D eigenvalue weighted by atomic mass is 10.0. The summed E-state index contributed by atoms with van der Waals surface area (Å²) in [5.41, 5.74) is 0. The van der Waals surface area contributed by atoms with E-state index in [1.54, 1.807) is 0 Å². The van der Waals surface area contributed by atoms with Gasteiger partial charge < -0.3 is 18.4 Å². The highest BCUT2D eigenvalue weighted by Crippen LogP contribution is 2.38. The Morgan fingerprint density at radius 2 is 1.21 bits per heavy atom. The summed E-state index contributed by atoms with van der Waals surface area (Å²) in [7, 11) is -1.95. The van der Waals surface area contributed by atoms with Crippen molar-refractivity contribution in [3.05, 3.63) is 0 Å². The number of phosphoric ester groups is 1. The predicted octanol–water partition coefficient (Wildman–Crippen LogP) is 7.77. The maximum Gasteiger partial charge on any atom is 0.268 e. The lowest BCUT2D eigenvalue weighted by molar-refractivity contribution is -0.936. The van der Waals surface area contributed by atoms with Crippen LogP contribution in [0.25, 0.3) is 0 Å². The molecule has 3 unspecified atom stereocenters. The average molecular weight is 490 g/mol. The minimum atomic E-state index is -4.16. The van der Waals surface area contributed by atoms with Crippen molar-refractivity contribution in [1.82, 2.24) is 0 Å². The summed E-state index contributed by atoms with van der Waals surface area (Å²) in [5, 5.41) is 0. The maximum atomic E-state index is 12.0. The predicted molar refractivity (Wildman–Crippen MR) is 138 cm³/mol. The molecule has 0 bridgehead atoms. The number of rotatable bonds is 22. The standard InChI is InChI=1S/C27H56NO4P/c1-4-5-6-7-8-9-10-11-12-13-14-15-16-17-18-21-25-31-33(29,30)32-26-24-28(3)23-20-19-22-27(28)2/h27H,4-26H2,1-3H3. The largest absolute Gasteiger partial charge is 0.756 e. The lowest BCUT2D eigenvalue weighted by Crippen LogP contribution is -2.55. The second-order valence-corrected chi connectivity index (χ2v) is 12.1. The van der Waals surface area contributed by atoms with Gasteiger partial charge in [0.05, 0.1) is 26.2 Å². The van der Waals surface area contributed by atoms with Crippen LogP contribution in [-0.4, -0.2) is 43.9 Å². The Morgan fingerprint density at radius 3 is 1.70 bits per heavy atom. The Balaban J connectivity index is 1.86. The molecule has 0 N–H and O–H groups in total. The molecule has 198 valence electrons. The first-order valence-corrected chi connectivity index (χ1v) is 15.8. The number of hydrogen-bond acceptors (Lipinski definition) is 4. The smallest absolute Gasteiger partial charge is 0.268 e. The van der Waals surface area contributed by atoms with Gasteiger partial charge in [0.2, 0.25) is 0 Å². The van der Waals surface area contributed by atoms with Crippen LogP contribution in [0, 0.1) is 0 Å². The number of quaternary nitrogens is 1. The summed E-state index contributed by atoms with van der Waals surface area (Å²) in [4.78, 5) is 12.0. The molecule has 1 saturated heterocycles. The Hall–Kier alpha value is 0.0700. The van der Waals surface area contributed by atoms with E-state index in [1.807, 2.05) is 0 Å². The summed E-state index contributed by atoms with van der Waals surface area (Å²) >= 11 is 0. The van der Waals surface area contributed by atoms with E-state index in [0.29, 0.717) is 6.04 Å². The topological polar surface area (TPSA) is 58.6 Å². The van der Waals surface area contributed by atoms with E-state index < -0.39 is 7.82 Å². The van der Waals surface area contributed by atoms with E-state index in [-0.39, 0.29) is 13.2 Å². The normalized spacial score (nSPS) is 23.0. The van der Waals surface area contributed by atoms with Crippen molar-refractivity contribution in [2.24, 2.45) is 0 Å². The van der Waals surface area contributed by atoms with Crippen LogP contribution in [0.1, 0.15) is 136 Å². The van der Waals surface area contributed by atoms with E-state index in [0.717, 1.165) is 30.4 Å². The Labute approximate surface area is 206 Å². The number of likely N-dealkylation sites (tertiary alicyclic amines) is 1. The molecule has 0 saturated carbocycles. The molecule has 0 aliphatic carbocycles. The Kier molecular flexibility index (Phi) is 18.2. The molecule has 6 heteroatoms. The van der Waals surface area contributed by atoms with Crippen molar-refractivity contribution in [2.45, 2.75) is 142 Å². The van der Waals surface area contributed by atoms with Crippen LogP contribution < -0.4 is 4.89 Å². The average Bonchev–Trinajstić information content (AvgIpc) is 2.78. The van der Waals surface area contributed by atoms with Gasteiger partial charge in [0.15, 0.2) is 0 Å². The van der Waals surface area contributed by atoms with Gasteiger partial charge in [-0.2, -0.15) is 0 Å². The van der Waals surface area contributed by atoms with Gasteiger partial charge in [-0.05, 0) is 32.6 Å². The van der Waals surface area contributed by atoms with Crippen LogP contribution in [0.2, 0.25) is 0 Å². The van der Waals surface area contributed by atoms with Gasteiger partial charge in [-0.15, -0.1) is 0 Å². The summed E-state index contributed by atoms with van der Waals surface area (Å²) < 4.78 is 23.1. The highest BCUT2D eigenvalue weighted by atomic mass is 31.2. The summed E-state index contributed by atoms with van der Waals surface area (Å²) in [5.74, 6) is 0. The van der Waals surface area contributed by atoms with E-state index in [9.17, 15) is 9.46 Å². The number of phosphoric acid groups is 1. The minimum absolute atomic E-state index is 0.223. The molecule has 3 atom stereocenters. The second-order valence-electron chi connectivity index (χ2n) is 10.7.